The van der Waals surface area contributed by atoms with Crippen molar-refractivity contribution in [1.29, 1.82) is 0 Å². The molecule has 1 saturated carbocycles. The van der Waals surface area contributed by atoms with Crippen LogP contribution in [0.25, 0.3) is 0 Å². The van der Waals surface area contributed by atoms with Crippen molar-refractivity contribution in [3.63, 3.8) is 0 Å². The van der Waals surface area contributed by atoms with E-state index in [1.54, 1.807) is 6.07 Å². The Morgan fingerprint density at radius 2 is 1.75 bits per heavy atom. The summed E-state index contributed by atoms with van der Waals surface area (Å²) in [5.41, 5.74) is 0.352. The van der Waals surface area contributed by atoms with Crippen molar-refractivity contribution in [3.8, 4) is 5.75 Å². The van der Waals surface area contributed by atoms with E-state index >= 15 is 0 Å². The van der Waals surface area contributed by atoms with Gasteiger partial charge >= 0.3 is 0 Å². The van der Waals surface area contributed by atoms with Crippen molar-refractivity contribution in [2.45, 2.75) is 62.8 Å². The van der Waals surface area contributed by atoms with Gasteiger partial charge in [-0.3, -0.25) is 4.79 Å². The summed E-state index contributed by atoms with van der Waals surface area (Å²) in [5.74, 6) is 0.144. The number of ether oxygens (including phenoxy) is 1. The lowest BCUT2D eigenvalue weighted by Gasteiger charge is -2.21. The fourth-order valence-corrected chi connectivity index (χ4v) is 4.33. The molecule has 0 atom stereocenters. The Morgan fingerprint density at radius 3 is 2.33 bits per heavy atom. The van der Waals surface area contributed by atoms with E-state index in [2.05, 4.69) is 10.0 Å². The highest BCUT2D eigenvalue weighted by molar-refractivity contribution is 7.89. The van der Waals surface area contributed by atoms with Crippen molar-refractivity contribution < 1.29 is 17.9 Å². The second-order valence-corrected chi connectivity index (χ2v) is 7.92. The van der Waals surface area contributed by atoms with Crippen LogP contribution < -0.4 is 14.8 Å². The van der Waals surface area contributed by atoms with Gasteiger partial charge in [0.15, 0.2) is 0 Å². The van der Waals surface area contributed by atoms with E-state index in [-0.39, 0.29) is 16.8 Å². The quantitative estimate of drug-likeness (QED) is 0.851. The van der Waals surface area contributed by atoms with E-state index in [9.17, 15) is 13.2 Å². The van der Waals surface area contributed by atoms with Gasteiger partial charge in [0.1, 0.15) is 5.75 Å². The topological polar surface area (TPSA) is 84.5 Å². The van der Waals surface area contributed by atoms with Crippen molar-refractivity contribution in [1.82, 2.24) is 4.72 Å². The van der Waals surface area contributed by atoms with Crippen LogP contribution in [0.5, 0.6) is 5.75 Å². The molecule has 0 aliphatic heterocycles. The number of carbonyl (C=O) groups is 1. The molecular weight excluding hydrogens is 328 g/mol. The number of hydrogen-bond acceptors (Lipinski definition) is 4. The smallest absolute Gasteiger partial charge is 0.240 e. The summed E-state index contributed by atoms with van der Waals surface area (Å²) in [5, 5.41) is 2.60. The summed E-state index contributed by atoms with van der Waals surface area (Å²) in [6.45, 7) is 1.37. The molecule has 0 spiro atoms. The SMILES string of the molecule is COc1ccc(S(=O)(=O)NC2CCCCCCC2)cc1NC(C)=O. The summed E-state index contributed by atoms with van der Waals surface area (Å²) < 4.78 is 33.3. The maximum absolute atomic E-state index is 12.7. The van der Waals surface area contributed by atoms with Gasteiger partial charge in [0.2, 0.25) is 15.9 Å². The molecule has 1 aliphatic carbocycles. The Bertz CT molecular complexity index is 665. The first-order valence-electron chi connectivity index (χ1n) is 8.40. The molecule has 134 valence electrons. The van der Waals surface area contributed by atoms with Crippen molar-refractivity contribution in [3.05, 3.63) is 18.2 Å². The van der Waals surface area contributed by atoms with Crippen LogP contribution in [0.2, 0.25) is 0 Å². The fourth-order valence-electron chi connectivity index (χ4n) is 3.00. The van der Waals surface area contributed by atoms with Gasteiger partial charge < -0.3 is 10.1 Å². The number of sulfonamides is 1. The highest BCUT2D eigenvalue weighted by atomic mass is 32.2. The van der Waals surface area contributed by atoms with Crippen LogP contribution in [0.1, 0.15) is 51.9 Å². The monoisotopic (exact) mass is 354 g/mol. The molecule has 6 nitrogen and oxygen atoms in total. The van der Waals surface area contributed by atoms with Crippen LogP contribution in [-0.4, -0.2) is 27.5 Å². The number of rotatable bonds is 5. The number of nitrogens with one attached hydrogen (secondary N) is 2. The molecule has 0 aromatic heterocycles. The van der Waals surface area contributed by atoms with Crippen LogP contribution in [0.4, 0.5) is 5.69 Å². The van der Waals surface area contributed by atoms with Gasteiger partial charge in [0, 0.05) is 13.0 Å². The number of amides is 1. The van der Waals surface area contributed by atoms with E-state index in [0.29, 0.717) is 11.4 Å². The van der Waals surface area contributed by atoms with E-state index in [0.717, 1.165) is 38.5 Å². The molecule has 0 bridgehead atoms. The third-order valence-electron chi connectivity index (χ3n) is 4.22. The van der Waals surface area contributed by atoms with Gasteiger partial charge in [0.25, 0.3) is 0 Å². The number of methoxy groups -OCH3 is 1. The minimum atomic E-state index is -3.63. The second kappa shape index (κ2) is 8.48. The largest absolute Gasteiger partial charge is 0.495 e. The Morgan fingerprint density at radius 1 is 1.12 bits per heavy atom. The second-order valence-electron chi connectivity index (χ2n) is 6.21. The van der Waals surface area contributed by atoms with Gasteiger partial charge in [0.05, 0.1) is 17.7 Å². The van der Waals surface area contributed by atoms with Gasteiger partial charge in [-0.05, 0) is 31.0 Å². The Balaban J connectivity index is 2.19. The highest BCUT2D eigenvalue weighted by Gasteiger charge is 2.22. The normalized spacial score (nSPS) is 16.9. The molecule has 2 N–H and O–H groups in total. The summed E-state index contributed by atoms with van der Waals surface area (Å²) in [7, 11) is -2.15. The molecular formula is C17H26N2O4S. The maximum atomic E-state index is 12.7. The Hall–Kier alpha value is -1.60. The van der Waals surface area contributed by atoms with E-state index < -0.39 is 10.0 Å². The zero-order valence-corrected chi connectivity index (χ0v) is 15.1. The molecule has 0 radical (unpaired) electrons. The van der Waals surface area contributed by atoms with Crippen molar-refractivity contribution in [2.75, 3.05) is 12.4 Å². The molecule has 24 heavy (non-hydrogen) atoms. The van der Waals surface area contributed by atoms with Crippen LogP contribution >= 0.6 is 0 Å². The Kier molecular flexibility index (Phi) is 6.62. The van der Waals surface area contributed by atoms with Crippen LogP contribution in [0, 0.1) is 0 Å². The first-order chi connectivity index (χ1) is 11.4. The number of hydrogen-bond donors (Lipinski definition) is 2. The average molecular weight is 354 g/mol. The lowest BCUT2D eigenvalue weighted by molar-refractivity contribution is -0.114. The first kappa shape index (κ1) is 18.7. The van der Waals surface area contributed by atoms with Gasteiger partial charge in [-0.15, -0.1) is 0 Å². The van der Waals surface area contributed by atoms with Crippen molar-refractivity contribution in [2.24, 2.45) is 0 Å². The van der Waals surface area contributed by atoms with Crippen LogP contribution in [0.15, 0.2) is 23.1 Å². The predicted octanol–water partition coefficient (Wildman–Crippen LogP) is 3.04. The summed E-state index contributed by atoms with van der Waals surface area (Å²) >= 11 is 0. The third-order valence-corrected chi connectivity index (χ3v) is 5.74. The lowest BCUT2D eigenvalue weighted by atomic mass is 9.97. The van der Waals surface area contributed by atoms with E-state index in [4.69, 9.17) is 4.74 Å². The van der Waals surface area contributed by atoms with Crippen LogP contribution in [-0.2, 0) is 14.8 Å². The summed E-state index contributed by atoms with van der Waals surface area (Å²) in [4.78, 5) is 11.4. The zero-order valence-electron chi connectivity index (χ0n) is 14.3. The van der Waals surface area contributed by atoms with Crippen molar-refractivity contribution >= 4 is 21.6 Å². The molecule has 0 heterocycles. The lowest BCUT2D eigenvalue weighted by Crippen LogP contribution is -2.35. The van der Waals surface area contributed by atoms with E-state index in [1.807, 2.05) is 0 Å². The molecule has 1 amide bonds. The number of benzene rings is 1. The van der Waals surface area contributed by atoms with Gasteiger partial charge in [-0.1, -0.05) is 32.1 Å². The zero-order chi connectivity index (χ0) is 17.6. The molecule has 1 aliphatic rings. The van der Waals surface area contributed by atoms with Crippen LogP contribution in [0.3, 0.4) is 0 Å². The summed E-state index contributed by atoms with van der Waals surface area (Å²) in [6.07, 6.45) is 7.39. The molecule has 7 heteroatoms. The minimum absolute atomic E-state index is 0.0263. The predicted molar refractivity (Wildman–Crippen MR) is 93.7 cm³/mol. The Labute approximate surface area is 144 Å². The summed E-state index contributed by atoms with van der Waals surface area (Å²) in [6, 6.07) is 4.46. The van der Waals surface area contributed by atoms with E-state index in [1.165, 1.54) is 32.6 Å². The molecule has 0 saturated heterocycles. The standard InChI is InChI=1S/C17H26N2O4S/c1-13(20)18-16-12-15(10-11-17(16)23-2)24(21,22)19-14-8-6-4-3-5-7-9-14/h10-12,14,19H,3-9H2,1-2H3,(H,18,20). The molecule has 1 fully saturated rings. The average Bonchev–Trinajstić information content (AvgIpc) is 2.49. The molecule has 1 aromatic carbocycles. The van der Waals surface area contributed by atoms with Gasteiger partial charge in [-0.2, -0.15) is 0 Å². The number of carbonyl (C=O) groups excluding carboxylic acids is 1. The minimum Gasteiger partial charge on any atom is -0.495 e. The van der Waals surface area contributed by atoms with Gasteiger partial charge in [-0.25, -0.2) is 13.1 Å². The fraction of sp³-hybridized carbons (Fsp3) is 0.588. The molecule has 1 aromatic rings. The molecule has 2 rings (SSSR count). The maximum Gasteiger partial charge on any atom is 0.240 e. The number of anilines is 1. The first-order valence-corrected chi connectivity index (χ1v) is 9.88. The highest BCUT2D eigenvalue weighted by Crippen LogP contribution is 2.28. The third kappa shape index (κ3) is 5.21. The molecule has 0 unspecified atom stereocenters.